The maximum Gasteiger partial charge on any atom is 0.241 e. The van der Waals surface area contributed by atoms with Crippen molar-refractivity contribution in [3.8, 4) is 6.07 Å². The van der Waals surface area contributed by atoms with E-state index in [4.69, 9.17) is 5.26 Å². The van der Waals surface area contributed by atoms with E-state index in [2.05, 4.69) is 44.0 Å². The highest BCUT2D eigenvalue weighted by Crippen LogP contribution is 2.24. The molecule has 0 aliphatic heterocycles. The zero-order chi connectivity index (χ0) is 16.2. The number of benzene rings is 1. The number of amides is 1. The molecule has 0 aliphatic carbocycles. The van der Waals surface area contributed by atoms with Crippen molar-refractivity contribution in [3.05, 3.63) is 29.8 Å². The fourth-order valence-electron chi connectivity index (χ4n) is 2.04. The maximum absolute atomic E-state index is 12.3. The molecule has 21 heavy (non-hydrogen) atoms. The van der Waals surface area contributed by atoms with Gasteiger partial charge in [-0.2, -0.15) is 5.26 Å². The lowest BCUT2D eigenvalue weighted by Gasteiger charge is -2.38. The van der Waals surface area contributed by atoms with Gasteiger partial charge in [-0.05, 0) is 44.5 Å². The molecule has 0 radical (unpaired) electrons. The van der Waals surface area contributed by atoms with Crippen molar-refractivity contribution in [3.63, 3.8) is 0 Å². The molecule has 1 aromatic rings. The average Bonchev–Trinajstić information content (AvgIpc) is 2.44. The molecule has 4 heteroatoms. The van der Waals surface area contributed by atoms with E-state index < -0.39 is 0 Å². The van der Waals surface area contributed by atoms with Crippen molar-refractivity contribution in [1.29, 1.82) is 5.26 Å². The fraction of sp³-hybridized carbons (Fsp3) is 0.529. The highest BCUT2D eigenvalue weighted by atomic mass is 16.2. The molecule has 114 valence electrons. The van der Waals surface area contributed by atoms with E-state index in [1.165, 1.54) is 0 Å². The topological polar surface area (TPSA) is 56.1 Å². The second-order valence-corrected chi connectivity index (χ2v) is 6.57. The molecule has 0 aliphatic rings. The van der Waals surface area contributed by atoms with Crippen molar-refractivity contribution in [2.75, 3.05) is 12.4 Å². The molecule has 0 heterocycles. The second kappa shape index (κ2) is 6.73. The van der Waals surface area contributed by atoms with Gasteiger partial charge in [0.05, 0.1) is 17.7 Å². The number of nitriles is 1. The predicted molar refractivity (Wildman–Crippen MR) is 85.9 cm³/mol. The first-order valence-corrected chi connectivity index (χ1v) is 7.19. The van der Waals surface area contributed by atoms with Gasteiger partial charge in [-0.25, -0.2) is 0 Å². The molecule has 0 aromatic heterocycles. The Morgan fingerprint density at radius 2 is 1.95 bits per heavy atom. The minimum Gasteiger partial charge on any atom is -0.325 e. The third-order valence-electron chi connectivity index (χ3n) is 4.11. The molecule has 0 bridgehead atoms. The van der Waals surface area contributed by atoms with Crippen LogP contribution in [0.2, 0.25) is 0 Å². The summed E-state index contributed by atoms with van der Waals surface area (Å²) < 4.78 is 0. The first kappa shape index (κ1) is 17.2. The van der Waals surface area contributed by atoms with Gasteiger partial charge >= 0.3 is 0 Å². The predicted octanol–water partition coefficient (Wildman–Crippen LogP) is 3.25. The molecule has 0 saturated heterocycles. The van der Waals surface area contributed by atoms with Crippen LogP contribution in [0.1, 0.15) is 40.2 Å². The Hall–Kier alpha value is -1.86. The van der Waals surface area contributed by atoms with Gasteiger partial charge in [0, 0.05) is 11.7 Å². The van der Waals surface area contributed by atoms with Crippen LogP contribution < -0.4 is 5.32 Å². The summed E-state index contributed by atoms with van der Waals surface area (Å²) in [5.74, 6) is -0.0660. The average molecular weight is 287 g/mol. The lowest BCUT2D eigenvalue weighted by molar-refractivity contribution is -0.121. The van der Waals surface area contributed by atoms with E-state index in [1.807, 2.05) is 14.0 Å². The number of hydrogen-bond acceptors (Lipinski definition) is 3. The molecule has 1 rings (SSSR count). The van der Waals surface area contributed by atoms with Gasteiger partial charge in [-0.1, -0.05) is 26.8 Å². The zero-order valence-electron chi connectivity index (χ0n) is 13.8. The quantitative estimate of drug-likeness (QED) is 0.924. The maximum atomic E-state index is 12.3. The lowest BCUT2D eigenvalue weighted by atomic mass is 9.86. The number of nitrogens with one attached hydrogen (secondary N) is 1. The van der Waals surface area contributed by atoms with Crippen LogP contribution >= 0.6 is 0 Å². The normalized spacial score (nSPS) is 14.4. The summed E-state index contributed by atoms with van der Waals surface area (Å²) >= 11 is 0. The van der Waals surface area contributed by atoms with Gasteiger partial charge in [0.1, 0.15) is 0 Å². The van der Waals surface area contributed by atoms with Crippen LogP contribution in [-0.2, 0) is 4.79 Å². The van der Waals surface area contributed by atoms with E-state index in [-0.39, 0.29) is 23.4 Å². The molecule has 2 atom stereocenters. The summed E-state index contributed by atoms with van der Waals surface area (Å²) in [5.41, 5.74) is 1.30. The Labute approximate surface area is 127 Å². The molecular formula is C17H25N3O. The Balaban J connectivity index is 2.77. The van der Waals surface area contributed by atoms with E-state index in [0.717, 1.165) is 0 Å². The van der Waals surface area contributed by atoms with Crippen molar-refractivity contribution < 1.29 is 4.79 Å². The van der Waals surface area contributed by atoms with E-state index in [0.29, 0.717) is 11.3 Å². The molecule has 0 spiro atoms. The van der Waals surface area contributed by atoms with Crippen LogP contribution in [0.25, 0.3) is 0 Å². The SMILES string of the molecule is CC(C(=O)Nc1cccc(C#N)c1)N(C)C(C)C(C)(C)C. The third kappa shape index (κ3) is 4.57. The summed E-state index contributed by atoms with van der Waals surface area (Å²) in [6, 6.07) is 9.04. The first-order chi connectivity index (χ1) is 9.66. The molecule has 1 N–H and O–H groups in total. The van der Waals surface area contributed by atoms with E-state index in [9.17, 15) is 4.79 Å². The summed E-state index contributed by atoms with van der Waals surface area (Å²) in [6.45, 7) is 10.5. The van der Waals surface area contributed by atoms with Crippen LogP contribution in [0.15, 0.2) is 24.3 Å². The van der Waals surface area contributed by atoms with Crippen LogP contribution in [-0.4, -0.2) is 29.9 Å². The van der Waals surface area contributed by atoms with E-state index in [1.54, 1.807) is 24.3 Å². The Bertz CT molecular complexity index is 540. The Morgan fingerprint density at radius 3 is 2.48 bits per heavy atom. The van der Waals surface area contributed by atoms with Gasteiger partial charge in [-0.3, -0.25) is 9.69 Å². The van der Waals surface area contributed by atoms with Crippen LogP contribution in [0, 0.1) is 16.7 Å². The molecular weight excluding hydrogens is 262 g/mol. The smallest absolute Gasteiger partial charge is 0.241 e. The van der Waals surface area contributed by atoms with Crippen LogP contribution in [0.5, 0.6) is 0 Å². The van der Waals surface area contributed by atoms with Crippen molar-refractivity contribution in [2.24, 2.45) is 5.41 Å². The highest BCUT2D eigenvalue weighted by Gasteiger charge is 2.29. The van der Waals surface area contributed by atoms with Gasteiger partial charge < -0.3 is 5.32 Å². The van der Waals surface area contributed by atoms with Crippen molar-refractivity contribution in [1.82, 2.24) is 4.90 Å². The fourth-order valence-corrected chi connectivity index (χ4v) is 2.04. The van der Waals surface area contributed by atoms with Crippen molar-refractivity contribution >= 4 is 11.6 Å². The van der Waals surface area contributed by atoms with Crippen LogP contribution in [0.3, 0.4) is 0 Å². The number of anilines is 1. The first-order valence-electron chi connectivity index (χ1n) is 7.19. The molecule has 0 fully saturated rings. The lowest BCUT2D eigenvalue weighted by Crippen LogP contribution is -2.48. The van der Waals surface area contributed by atoms with Crippen LogP contribution in [0.4, 0.5) is 5.69 Å². The number of likely N-dealkylation sites (N-methyl/N-ethyl adjacent to an activating group) is 1. The molecule has 2 unspecified atom stereocenters. The van der Waals surface area contributed by atoms with Gasteiger partial charge in [0.15, 0.2) is 0 Å². The summed E-state index contributed by atoms with van der Waals surface area (Å²) in [7, 11) is 1.96. The third-order valence-corrected chi connectivity index (χ3v) is 4.11. The zero-order valence-corrected chi connectivity index (χ0v) is 13.8. The van der Waals surface area contributed by atoms with Gasteiger partial charge in [0.2, 0.25) is 5.91 Å². The molecule has 0 saturated carbocycles. The van der Waals surface area contributed by atoms with Gasteiger partial charge in [0.25, 0.3) is 0 Å². The molecule has 4 nitrogen and oxygen atoms in total. The number of nitrogens with zero attached hydrogens (tertiary/aromatic N) is 2. The summed E-state index contributed by atoms with van der Waals surface area (Å²) in [6.07, 6.45) is 0. The number of carbonyl (C=O) groups excluding carboxylic acids is 1. The second-order valence-electron chi connectivity index (χ2n) is 6.57. The standard InChI is InChI=1S/C17H25N3O/c1-12(20(6)13(2)17(3,4)5)16(21)19-15-9-7-8-14(10-15)11-18/h7-10,12-13H,1-6H3,(H,19,21). The monoisotopic (exact) mass is 287 g/mol. The molecule has 1 aromatic carbocycles. The minimum absolute atomic E-state index is 0.0660. The number of hydrogen-bond donors (Lipinski definition) is 1. The number of carbonyl (C=O) groups is 1. The molecule has 1 amide bonds. The van der Waals surface area contributed by atoms with Gasteiger partial charge in [-0.15, -0.1) is 0 Å². The largest absolute Gasteiger partial charge is 0.325 e. The van der Waals surface area contributed by atoms with Crippen molar-refractivity contribution in [2.45, 2.75) is 46.7 Å². The van der Waals surface area contributed by atoms with E-state index >= 15 is 0 Å². The summed E-state index contributed by atoms with van der Waals surface area (Å²) in [5, 5.41) is 11.8. The number of rotatable bonds is 4. The Morgan fingerprint density at radius 1 is 1.33 bits per heavy atom. The highest BCUT2D eigenvalue weighted by molar-refractivity contribution is 5.94. The Kier molecular flexibility index (Phi) is 5.51. The summed E-state index contributed by atoms with van der Waals surface area (Å²) in [4.78, 5) is 14.4. The minimum atomic E-state index is -0.245.